The third-order valence-corrected chi connectivity index (χ3v) is 5.24. The lowest BCUT2D eigenvalue weighted by molar-refractivity contribution is 0.434. The Hall–Kier alpha value is -2.23. The average molecular weight is 335 g/mol. The van der Waals surface area contributed by atoms with Crippen molar-refractivity contribution in [3.8, 4) is 0 Å². The van der Waals surface area contributed by atoms with Crippen molar-refractivity contribution < 1.29 is 4.21 Å². The van der Waals surface area contributed by atoms with Crippen molar-refractivity contribution in [2.24, 2.45) is 0 Å². The molecule has 1 unspecified atom stereocenters. The minimum atomic E-state index is -1.08. The Morgan fingerprint density at radius 2 is 0.958 bits per heavy atom. The van der Waals surface area contributed by atoms with Crippen LogP contribution in [0.5, 0.6) is 0 Å². The van der Waals surface area contributed by atoms with E-state index in [9.17, 15) is 4.21 Å². The Morgan fingerprint density at radius 1 is 0.583 bits per heavy atom. The Morgan fingerprint density at radius 3 is 1.38 bits per heavy atom. The van der Waals surface area contributed by atoms with Crippen LogP contribution >= 0.6 is 0 Å². The molecule has 0 saturated heterocycles. The normalized spacial score (nSPS) is 12.2. The summed E-state index contributed by atoms with van der Waals surface area (Å²) >= 11 is 0. The van der Waals surface area contributed by atoms with Crippen molar-refractivity contribution in [2.75, 3.05) is 0 Å². The molecule has 0 aromatic heterocycles. The van der Waals surface area contributed by atoms with Crippen LogP contribution in [0.3, 0.4) is 0 Å². The summed E-state index contributed by atoms with van der Waals surface area (Å²) in [5, 5.41) is 0. The molecule has 0 aliphatic heterocycles. The smallest absolute Gasteiger partial charge is 0.0994 e. The summed E-state index contributed by atoms with van der Waals surface area (Å²) in [4.78, 5) is 0. The van der Waals surface area contributed by atoms with Crippen LogP contribution in [0.15, 0.2) is 91.0 Å². The van der Waals surface area contributed by atoms with E-state index in [4.69, 9.17) is 0 Å². The number of hydrogen-bond acceptors (Lipinski definition) is 1. The molecule has 0 radical (unpaired) electrons. The third-order valence-electron chi connectivity index (χ3n) is 3.82. The van der Waals surface area contributed by atoms with Gasteiger partial charge in [0.1, 0.15) is 0 Å². The molecule has 0 heterocycles. The lowest BCUT2D eigenvalue weighted by Gasteiger charge is -2.21. The molecule has 3 heteroatoms. The fourth-order valence-corrected chi connectivity index (χ4v) is 3.83. The van der Waals surface area contributed by atoms with Crippen LogP contribution in [0.1, 0.15) is 16.7 Å². The second-order valence-electron chi connectivity index (χ2n) is 5.72. The zero-order chi connectivity index (χ0) is 16.6. The number of benzene rings is 3. The second kappa shape index (κ2) is 8.57. The Balaban J connectivity index is 1.76. The van der Waals surface area contributed by atoms with E-state index in [2.05, 4.69) is 24.3 Å². The predicted octanol–water partition coefficient (Wildman–Crippen LogP) is 4.55. The van der Waals surface area contributed by atoms with E-state index < -0.39 is 11.0 Å². The van der Waals surface area contributed by atoms with Crippen LogP contribution < -0.4 is 0 Å². The molecule has 0 spiro atoms. The summed E-state index contributed by atoms with van der Waals surface area (Å²) in [7, 11) is -1.08. The molecule has 0 aliphatic rings. The Labute approximate surface area is 146 Å². The van der Waals surface area contributed by atoms with Crippen LogP contribution in [0.25, 0.3) is 0 Å². The summed E-state index contributed by atoms with van der Waals surface area (Å²) in [6.07, 6.45) is 0. The molecular formula is C21H21NOS. The predicted molar refractivity (Wildman–Crippen MR) is 100 cm³/mol. The van der Waals surface area contributed by atoms with Crippen LogP contribution in [0.4, 0.5) is 0 Å². The van der Waals surface area contributed by atoms with E-state index in [0.717, 1.165) is 5.56 Å². The van der Waals surface area contributed by atoms with E-state index in [0.29, 0.717) is 18.8 Å². The Kier molecular flexibility index (Phi) is 5.94. The summed E-state index contributed by atoms with van der Waals surface area (Å²) in [6.45, 7) is 1.35. The van der Waals surface area contributed by atoms with Gasteiger partial charge in [-0.05, 0) is 16.7 Å². The SMILES string of the molecule is O=S(Cc1ccccc1)N(Cc1ccccc1)Cc1ccccc1. The van der Waals surface area contributed by atoms with Crippen molar-refractivity contribution in [3.05, 3.63) is 108 Å². The molecule has 2 nitrogen and oxygen atoms in total. The van der Waals surface area contributed by atoms with Gasteiger partial charge in [0.05, 0.1) is 16.7 Å². The van der Waals surface area contributed by atoms with E-state index in [1.807, 2.05) is 71.0 Å². The molecule has 3 aromatic carbocycles. The zero-order valence-corrected chi connectivity index (χ0v) is 14.4. The van der Waals surface area contributed by atoms with Gasteiger partial charge in [0.2, 0.25) is 0 Å². The molecule has 0 fully saturated rings. The van der Waals surface area contributed by atoms with Crippen molar-refractivity contribution >= 4 is 11.0 Å². The lowest BCUT2D eigenvalue weighted by Crippen LogP contribution is -2.26. The highest BCUT2D eigenvalue weighted by Crippen LogP contribution is 2.15. The van der Waals surface area contributed by atoms with Crippen LogP contribution in [-0.2, 0) is 29.8 Å². The molecule has 0 aliphatic carbocycles. The molecule has 3 aromatic rings. The van der Waals surface area contributed by atoms with Gasteiger partial charge in [0, 0.05) is 13.1 Å². The van der Waals surface area contributed by atoms with E-state index in [-0.39, 0.29) is 0 Å². The van der Waals surface area contributed by atoms with Crippen molar-refractivity contribution in [3.63, 3.8) is 0 Å². The first-order valence-corrected chi connectivity index (χ1v) is 9.34. The topological polar surface area (TPSA) is 20.3 Å². The van der Waals surface area contributed by atoms with E-state index >= 15 is 0 Å². The minimum Gasteiger partial charge on any atom is -0.242 e. The molecular weight excluding hydrogens is 314 g/mol. The standard InChI is InChI=1S/C21H21NOS/c23-24(18-21-14-8-3-9-15-21)22(16-19-10-4-1-5-11-19)17-20-12-6-2-7-13-20/h1-15H,16-18H2. The maximum atomic E-state index is 13.0. The highest BCUT2D eigenvalue weighted by atomic mass is 32.2. The third kappa shape index (κ3) is 4.88. The molecule has 0 amide bonds. The van der Waals surface area contributed by atoms with Gasteiger partial charge in [0.15, 0.2) is 0 Å². The molecule has 0 bridgehead atoms. The van der Waals surface area contributed by atoms with Gasteiger partial charge in [-0.25, -0.2) is 8.51 Å². The molecule has 0 N–H and O–H groups in total. The first-order valence-electron chi connectivity index (χ1n) is 8.06. The summed E-state index contributed by atoms with van der Waals surface area (Å²) in [6, 6.07) is 30.5. The monoisotopic (exact) mass is 335 g/mol. The van der Waals surface area contributed by atoms with Gasteiger partial charge in [-0.2, -0.15) is 0 Å². The van der Waals surface area contributed by atoms with Gasteiger partial charge in [-0.1, -0.05) is 91.0 Å². The van der Waals surface area contributed by atoms with Crippen LogP contribution in [0, 0.1) is 0 Å². The Bertz CT molecular complexity index is 718. The van der Waals surface area contributed by atoms with Crippen LogP contribution in [0.2, 0.25) is 0 Å². The molecule has 3 rings (SSSR count). The summed E-state index contributed by atoms with van der Waals surface area (Å²) < 4.78 is 15.0. The minimum absolute atomic E-state index is 0.542. The first-order chi connectivity index (χ1) is 11.8. The lowest BCUT2D eigenvalue weighted by atomic mass is 10.2. The largest absolute Gasteiger partial charge is 0.242 e. The average Bonchev–Trinajstić information content (AvgIpc) is 2.64. The van der Waals surface area contributed by atoms with Gasteiger partial charge in [-0.3, -0.25) is 0 Å². The molecule has 24 heavy (non-hydrogen) atoms. The van der Waals surface area contributed by atoms with Crippen molar-refractivity contribution in [1.82, 2.24) is 4.31 Å². The van der Waals surface area contributed by atoms with Crippen LogP contribution in [-0.4, -0.2) is 8.51 Å². The maximum Gasteiger partial charge on any atom is 0.0994 e. The van der Waals surface area contributed by atoms with Gasteiger partial charge in [-0.15, -0.1) is 0 Å². The second-order valence-corrected chi connectivity index (χ2v) is 7.17. The highest BCUT2D eigenvalue weighted by molar-refractivity contribution is 7.81. The first kappa shape index (κ1) is 16.6. The van der Waals surface area contributed by atoms with Crippen molar-refractivity contribution in [2.45, 2.75) is 18.8 Å². The van der Waals surface area contributed by atoms with Crippen molar-refractivity contribution in [1.29, 1.82) is 0 Å². The number of rotatable bonds is 7. The van der Waals surface area contributed by atoms with Gasteiger partial charge < -0.3 is 0 Å². The number of hydrogen-bond donors (Lipinski definition) is 0. The summed E-state index contributed by atoms with van der Waals surface area (Å²) in [5.41, 5.74) is 3.45. The molecule has 122 valence electrons. The molecule has 0 saturated carbocycles. The van der Waals surface area contributed by atoms with Gasteiger partial charge >= 0.3 is 0 Å². The highest BCUT2D eigenvalue weighted by Gasteiger charge is 2.15. The number of nitrogens with zero attached hydrogens (tertiary/aromatic N) is 1. The molecule has 1 atom stereocenters. The van der Waals surface area contributed by atoms with E-state index in [1.165, 1.54) is 11.1 Å². The zero-order valence-electron chi connectivity index (χ0n) is 13.5. The quantitative estimate of drug-likeness (QED) is 0.620. The van der Waals surface area contributed by atoms with Gasteiger partial charge in [0.25, 0.3) is 0 Å². The fourth-order valence-electron chi connectivity index (χ4n) is 2.58. The fraction of sp³-hybridized carbons (Fsp3) is 0.143. The summed E-state index contributed by atoms with van der Waals surface area (Å²) in [5.74, 6) is 0.542. The maximum absolute atomic E-state index is 13.0. The van der Waals surface area contributed by atoms with E-state index in [1.54, 1.807) is 0 Å².